The molecule has 23 heavy (non-hydrogen) atoms. The summed E-state index contributed by atoms with van der Waals surface area (Å²) in [6.07, 6.45) is 8.94. The minimum absolute atomic E-state index is 0.0434. The van der Waals surface area contributed by atoms with Crippen LogP contribution in [-0.2, 0) is 13.0 Å². The average Bonchev–Trinajstić information content (AvgIpc) is 2.99. The molecule has 2 aromatic heterocycles. The highest BCUT2D eigenvalue weighted by Gasteiger charge is 2.33. The number of hydrogen-bond donors (Lipinski definition) is 0. The molecule has 0 amide bonds. The summed E-state index contributed by atoms with van der Waals surface area (Å²) < 4.78 is 1.45. The number of aromatic nitrogens is 3. The van der Waals surface area contributed by atoms with Gasteiger partial charge < -0.3 is 0 Å². The Hall–Kier alpha value is -1.27. The second-order valence-electron chi connectivity index (χ2n) is 6.85. The molecule has 0 aromatic carbocycles. The maximum atomic E-state index is 12.3. The van der Waals surface area contributed by atoms with Crippen LogP contribution in [0.5, 0.6) is 0 Å². The zero-order chi connectivity index (χ0) is 15.8. The summed E-state index contributed by atoms with van der Waals surface area (Å²) in [5.74, 6) is 0.859. The Balaban J connectivity index is 1.60. The summed E-state index contributed by atoms with van der Waals surface area (Å²) in [5.41, 5.74) is 0.866. The maximum Gasteiger partial charge on any atom is 0.275 e. The van der Waals surface area contributed by atoms with Gasteiger partial charge >= 0.3 is 0 Å². The third-order valence-electron chi connectivity index (χ3n) is 5.37. The lowest BCUT2D eigenvalue weighted by Crippen LogP contribution is -2.46. The lowest BCUT2D eigenvalue weighted by Gasteiger charge is -2.44. The van der Waals surface area contributed by atoms with Crippen molar-refractivity contribution in [2.45, 2.75) is 64.5 Å². The molecular weight excluding hydrogens is 308 g/mol. The Morgan fingerprint density at radius 1 is 1.26 bits per heavy atom. The molecular formula is C17H24N4OS. The second kappa shape index (κ2) is 6.32. The van der Waals surface area contributed by atoms with Crippen LogP contribution in [0.2, 0.25) is 0 Å². The Bertz CT molecular complexity index is 751. The number of nitrogens with zero attached hydrogens (tertiary/aromatic N) is 4. The third kappa shape index (κ3) is 2.94. The molecule has 1 aliphatic heterocycles. The third-order valence-corrected chi connectivity index (χ3v) is 6.42. The van der Waals surface area contributed by atoms with Crippen LogP contribution in [0.1, 0.15) is 56.2 Å². The monoisotopic (exact) mass is 332 g/mol. The van der Waals surface area contributed by atoms with Gasteiger partial charge in [0, 0.05) is 18.7 Å². The SMILES string of the molecule is CCc1nn2c(=O)cc(CN3CCC[C@@H]4CCCC[C@H]43)nc2s1. The molecule has 0 spiro atoms. The van der Waals surface area contributed by atoms with E-state index in [0.717, 1.165) is 41.1 Å². The Kier molecular flexibility index (Phi) is 4.20. The lowest BCUT2D eigenvalue weighted by molar-refractivity contribution is 0.0537. The van der Waals surface area contributed by atoms with Crippen LogP contribution in [0.15, 0.2) is 10.9 Å². The minimum Gasteiger partial charge on any atom is -0.294 e. The summed E-state index contributed by atoms with van der Waals surface area (Å²) >= 11 is 1.53. The van der Waals surface area contributed by atoms with Gasteiger partial charge in [0.05, 0.1) is 5.69 Å². The number of aryl methyl sites for hydroxylation is 1. The molecule has 0 unspecified atom stereocenters. The average molecular weight is 332 g/mol. The quantitative estimate of drug-likeness (QED) is 0.867. The van der Waals surface area contributed by atoms with Crippen LogP contribution >= 0.6 is 11.3 Å². The highest BCUT2D eigenvalue weighted by atomic mass is 32.1. The fourth-order valence-electron chi connectivity index (χ4n) is 4.25. The van der Waals surface area contributed by atoms with Crippen LogP contribution in [0, 0.1) is 5.92 Å². The van der Waals surface area contributed by atoms with E-state index in [1.54, 1.807) is 6.07 Å². The molecule has 124 valence electrons. The molecule has 1 saturated heterocycles. The highest BCUT2D eigenvalue weighted by molar-refractivity contribution is 7.16. The minimum atomic E-state index is -0.0434. The molecule has 4 rings (SSSR count). The van der Waals surface area contributed by atoms with Gasteiger partial charge in [-0.3, -0.25) is 9.69 Å². The standard InChI is InChI=1S/C17H24N4OS/c1-2-15-19-21-16(22)10-13(18-17(21)23-15)11-20-9-5-7-12-6-3-4-8-14(12)20/h10,12,14H,2-9,11H2,1H3/t12-,14+/m0/s1. The van der Waals surface area contributed by atoms with Gasteiger partial charge in [0.1, 0.15) is 5.01 Å². The van der Waals surface area contributed by atoms with Crippen molar-refractivity contribution in [2.75, 3.05) is 6.54 Å². The molecule has 5 nitrogen and oxygen atoms in total. The van der Waals surface area contributed by atoms with Crippen molar-refractivity contribution < 1.29 is 0 Å². The fraction of sp³-hybridized carbons (Fsp3) is 0.706. The van der Waals surface area contributed by atoms with E-state index in [1.165, 1.54) is 54.4 Å². The number of fused-ring (bicyclic) bond motifs is 2. The van der Waals surface area contributed by atoms with E-state index >= 15 is 0 Å². The highest BCUT2D eigenvalue weighted by Crippen LogP contribution is 2.35. The number of likely N-dealkylation sites (tertiary alicyclic amines) is 1. The molecule has 0 bridgehead atoms. The normalized spacial score (nSPS) is 25.6. The molecule has 3 heterocycles. The van der Waals surface area contributed by atoms with Crippen LogP contribution in [0.3, 0.4) is 0 Å². The van der Waals surface area contributed by atoms with Crippen molar-refractivity contribution in [2.24, 2.45) is 5.92 Å². The van der Waals surface area contributed by atoms with Crippen molar-refractivity contribution in [3.05, 3.63) is 27.1 Å². The molecule has 0 N–H and O–H groups in total. The van der Waals surface area contributed by atoms with Gasteiger partial charge in [-0.25, -0.2) is 4.98 Å². The van der Waals surface area contributed by atoms with E-state index in [2.05, 4.69) is 16.9 Å². The Morgan fingerprint density at radius 2 is 2.09 bits per heavy atom. The van der Waals surface area contributed by atoms with Gasteiger partial charge in [0.2, 0.25) is 4.96 Å². The Labute approximate surface area is 140 Å². The van der Waals surface area contributed by atoms with E-state index < -0.39 is 0 Å². The van der Waals surface area contributed by atoms with Gasteiger partial charge in [-0.2, -0.15) is 9.61 Å². The van der Waals surface area contributed by atoms with E-state index in [4.69, 9.17) is 4.98 Å². The van der Waals surface area contributed by atoms with E-state index in [1.807, 2.05) is 0 Å². The van der Waals surface area contributed by atoms with E-state index in [-0.39, 0.29) is 5.56 Å². The van der Waals surface area contributed by atoms with Gasteiger partial charge in [-0.05, 0) is 44.6 Å². The predicted molar refractivity (Wildman–Crippen MR) is 91.9 cm³/mol. The molecule has 2 aliphatic rings. The first-order valence-electron chi connectivity index (χ1n) is 8.87. The molecule has 2 aromatic rings. The first-order valence-corrected chi connectivity index (χ1v) is 9.69. The Morgan fingerprint density at radius 3 is 2.96 bits per heavy atom. The van der Waals surface area contributed by atoms with E-state index in [9.17, 15) is 4.79 Å². The summed E-state index contributed by atoms with van der Waals surface area (Å²) in [6.45, 7) is 4.01. The molecule has 2 atom stereocenters. The summed E-state index contributed by atoms with van der Waals surface area (Å²) in [5, 5.41) is 5.30. The number of hydrogen-bond acceptors (Lipinski definition) is 5. The zero-order valence-electron chi connectivity index (χ0n) is 13.7. The predicted octanol–water partition coefficient (Wildman–Crippen LogP) is 2.87. The zero-order valence-corrected chi connectivity index (χ0v) is 14.5. The fourth-order valence-corrected chi connectivity index (χ4v) is 5.11. The maximum absolute atomic E-state index is 12.3. The summed E-state index contributed by atoms with van der Waals surface area (Å²) in [4.78, 5) is 20.3. The van der Waals surface area contributed by atoms with Crippen molar-refractivity contribution >= 4 is 16.3 Å². The number of rotatable bonds is 3. The molecule has 0 radical (unpaired) electrons. The molecule has 2 fully saturated rings. The lowest BCUT2D eigenvalue weighted by atomic mass is 9.78. The topological polar surface area (TPSA) is 50.5 Å². The smallest absolute Gasteiger partial charge is 0.275 e. The molecule has 1 saturated carbocycles. The first kappa shape index (κ1) is 15.3. The summed E-state index contributed by atoms with van der Waals surface area (Å²) in [7, 11) is 0. The van der Waals surface area contributed by atoms with Crippen LogP contribution in [0.25, 0.3) is 4.96 Å². The van der Waals surface area contributed by atoms with Crippen LogP contribution in [0.4, 0.5) is 0 Å². The van der Waals surface area contributed by atoms with Gasteiger partial charge in [-0.1, -0.05) is 31.1 Å². The van der Waals surface area contributed by atoms with Crippen molar-refractivity contribution in [1.82, 2.24) is 19.5 Å². The van der Waals surface area contributed by atoms with Crippen LogP contribution < -0.4 is 5.56 Å². The largest absolute Gasteiger partial charge is 0.294 e. The van der Waals surface area contributed by atoms with Gasteiger partial charge in [0.15, 0.2) is 0 Å². The van der Waals surface area contributed by atoms with Crippen molar-refractivity contribution in [1.29, 1.82) is 0 Å². The van der Waals surface area contributed by atoms with Gasteiger partial charge in [-0.15, -0.1) is 0 Å². The van der Waals surface area contributed by atoms with E-state index in [0.29, 0.717) is 6.04 Å². The second-order valence-corrected chi connectivity index (χ2v) is 7.89. The van der Waals surface area contributed by atoms with Crippen LogP contribution in [-0.4, -0.2) is 32.1 Å². The molecule has 6 heteroatoms. The first-order chi connectivity index (χ1) is 11.2. The molecule has 1 aliphatic carbocycles. The summed E-state index contributed by atoms with van der Waals surface area (Å²) in [6, 6.07) is 2.38. The van der Waals surface area contributed by atoms with Crippen molar-refractivity contribution in [3.8, 4) is 0 Å². The number of piperidine rings is 1. The van der Waals surface area contributed by atoms with Crippen molar-refractivity contribution in [3.63, 3.8) is 0 Å². The van der Waals surface area contributed by atoms with Gasteiger partial charge in [0.25, 0.3) is 5.56 Å².